The number of likely N-dealkylation sites (tertiary alicyclic amines) is 1. The van der Waals surface area contributed by atoms with Gasteiger partial charge in [-0.15, -0.1) is 0 Å². The molecule has 4 aliphatic carbocycles. The van der Waals surface area contributed by atoms with E-state index in [1.807, 2.05) is 0 Å². The number of benzene rings is 1. The van der Waals surface area contributed by atoms with E-state index in [-0.39, 0.29) is 17.0 Å². The Morgan fingerprint density at radius 1 is 1.09 bits per heavy atom. The van der Waals surface area contributed by atoms with E-state index in [0.717, 1.165) is 25.7 Å². The first-order chi connectivity index (χ1) is 15.3. The van der Waals surface area contributed by atoms with Gasteiger partial charge in [-0.1, -0.05) is 12.1 Å². The van der Waals surface area contributed by atoms with E-state index >= 15 is 0 Å². The number of hydrogen-bond donors (Lipinski definition) is 1. The number of hydrogen-bond acceptors (Lipinski definition) is 4. The first-order valence-electron chi connectivity index (χ1n) is 11.9. The van der Waals surface area contributed by atoms with Crippen molar-refractivity contribution in [3.8, 4) is 0 Å². The molecule has 0 unspecified atom stereocenters. The molecule has 5 aliphatic rings. The average Bonchev–Trinajstić information content (AvgIpc) is 3.23. The fraction of sp³-hybridized carbons (Fsp3) is 0.640. The van der Waals surface area contributed by atoms with Crippen LogP contribution in [0.2, 0.25) is 0 Å². The van der Waals surface area contributed by atoms with Gasteiger partial charge in [0.15, 0.2) is 6.10 Å². The number of nitrogens with one attached hydrogen (secondary N) is 1. The third-order valence-electron chi connectivity index (χ3n) is 8.07. The lowest BCUT2D eigenvalue weighted by Gasteiger charge is -2.56. The summed E-state index contributed by atoms with van der Waals surface area (Å²) < 4.78 is 19.2. The van der Waals surface area contributed by atoms with E-state index in [9.17, 15) is 18.8 Å². The molecule has 0 aromatic heterocycles. The second-order valence-electron chi connectivity index (χ2n) is 10.4. The molecule has 4 saturated carbocycles. The lowest BCUT2D eigenvalue weighted by Crippen LogP contribution is -2.56. The first kappa shape index (κ1) is 21.4. The number of halogens is 1. The maximum atomic E-state index is 13.8. The summed E-state index contributed by atoms with van der Waals surface area (Å²) in [4.78, 5) is 40.8. The van der Waals surface area contributed by atoms with Gasteiger partial charge >= 0.3 is 5.97 Å². The van der Waals surface area contributed by atoms with Gasteiger partial charge in [0.2, 0.25) is 5.91 Å². The number of para-hydroxylation sites is 1. The molecule has 1 aromatic carbocycles. The molecule has 0 radical (unpaired) electrons. The number of rotatable bonds is 5. The van der Waals surface area contributed by atoms with Crippen LogP contribution in [0.4, 0.5) is 10.1 Å². The third-order valence-corrected chi connectivity index (χ3v) is 8.07. The molecule has 1 heterocycles. The standard InChI is InChI=1S/C25H31FN2O4/c1-15(22(29)27-20-6-3-2-5-19(20)26)32-23(30)21-7-4-8-28(21)24(31)25-12-16-9-17(13-25)11-18(10-16)14-25/h2-3,5-6,15-18,21H,4,7-14H2,1H3,(H,27,29)/t15-,16?,17?,18?,21+,25?/m0/s1. The van der Waals surface area contributed by atoms with Crippen molar-refractivity contribution in [1.82, 2.24) is 4.90 Å². The van der Waals surface area contributed by atoms with Crippen molar-refractivity contribution in [3.63, 3.8) is 0 Å². The SMILES string of the molecule is C[C@H](OC(=O)[C@H]1CCCN1C(=O)C12CC3CC(CC(C3)C1)C2)C(=O)Nc1ccccc1F. The highest BCUT2D eigenvalue weighted by atomic mass is 19.1. The molecule has 4 bridgehead atoms. The van der Waals surface area contributed by atoms with Crippen molar-refractivity contribution in [2.45, 2.75) is 70.4 Å². The minimum Gasteiger partial charge on any atom is -0.451 e. The number of anilines is 1. The highest BCUT2D eigenvalue weighted by Gasteiger charge is 2.57. The summed E-state index contributed by atoms with van der Waals surface area (Å²) in [5.41, 5.74) is -0.259. The fourth-order valence-corrected chi connectivity index (χ4v) is 7.04. The molecule has 1 saturated heterocycles. The molecule has 7 heteroatoms. The Hall–Kier alpha value is -2.44. The van der Waals surface area contributed by atoms with Crippen LogP contribution < -0.4 is 5.32 Å². The molecule has 2 atom stereocenters. The van der Waals surface area contributed by atoms with Gasteiger partial charge in [-0.25, -0.2) is 9.18 Å². The topological polar surface area (TPSA) is 75.7 Å². The van der Waals surface area contributed by atoms with Crippen molar-refractivity contribution >= 4 is 23.5 Å². The second kappa shape index (κ2) is 8.16. The zero-order valence-corrected chi connectivity index (χ0v) is 18.5. The highest BCUT2D eigenvalue weighted by molar-refractivity contribution is 5.96. The van der Waals surface area contributed by atoms with Gasteiger partial charge in [-0.3, -0.25) is 9.59 Å². The molecule has 6 nitrogen and oxygen atoms in total. The van der Waals surface area contributed by atoms with E-state index < -0.39 is 29.8 Å². The summed E-state index contributed by atoms with van der Waals surface area (Å²) in [6, 6.07) is 5.20. The highest BCUT2D eigenvalue weighted by Crippen LogP contribution is 2.60. The Morgan fingerprint density at radius 2 is 1.72 bits per heavy atom. The molecule has 1 N–H and O–H groups in total. The molecule has 32 heavy (non-hydrogen) atoms. The third kappa shape index (κ3) is 3.80. The van der Waals surface area contributed by atoms with Gasteiger partial charge < -0.3 is 15.0 Å². The molecular weight excluding hydrogens is 411 g/mol. The zero-order chi connectivity index (χ0) is 22.5. The largest absolute Gasteiger partial charge is 0.451 e. The number of nitrogens with zero attached hydrogens (tertiary/aromatic N) is 1. The predicted molar refractivity (Wildman–Crippen MR) is 116 cm³/mol. The van der Waals surface area contributed by atoms with Gasteiger partial charge in [0.1, 0.15) is 11.9 Å². The van der Waals surface area contributed by atoms with Crippen LogP contribution in [0.3, 0.4) is 0 Å². The van der Waals surface area contributed by atoms with E-state index in [4.69, 9.17) is 4.74 Å². The van der Waals surface area contributed by atoms with Gasteiger partial charge in [0, 0.05) is 6.54 Å². The molecule has 5 fully saturated rings. The molecule has 1 aliphatic heterocycles. The van der Waals surface area contributed by atoms with Crippen LogP contribution in [0.5, 0.6) is 0 Å². The van der Waals surface area contributed by atoms with Crippen LogP contribution in [0.15, 0.2) is 24.3 Å². The number of carbonyl (C=O) groups excluding carboxylic acids is 3. The summed E-state index contributed by atoms with van der Waals surface area (Å²) in [6.07, 6.45) is 6.87. The molecule has 0 spiro atoms. The fourth-order valence-electron chi connectivity index (χ4n) is 7.04. The number of carbonyl (C=O) groups is 3. The molecule has 172 valence electrons. The summed E-state index contributed by atoms with van der Waals surface area (Å²) in [5, 5.41) is 2.46. The second-order valence-corrected chi connectivity index (χ2v) is 10.4. The minimum atomic E-state index is -1.08. The maximum absolute atomic E-state index is 13.8. The Balaban J connectivity index is 1.23. The van der Waals surface area contributed by atoms with Crippen molar-refractivity contribution in [2.75, 3.05) is 11.9 Å². The van der Waals surface area contributed by atoms with Gasteiger partial charge in [-0.2, -0.15) is 0 Å². The quantitative estimate of drug-likeness (QED) is 0.702. The smallest absolute Gasteiger partial charge is 0.329 e. The Kier molecular flexibility index (Phi) is 5.46. The van der Waals surface area contributed by atoms with Crippen molar-refractivity contribution in [3.05, 3.63) is 30.1 Å². The van der Waals surface area contributed by atoms with E-state index in [1.165, 1.54) is 44.4 Å². The van der Waals surface area contributed by atoms with Crippen molar-refractivity contribution in [2.24, 2.45) is 23.2 Å². The van der Waals surface area contributed by atoms with E-state index in [1.54, 1.807) is 11.0 Å². The van der Waals surface area contributed by atoms with Crippen LogP contribution in [-0.2, 0) is 19.1 Å². The maximum Gasteiger partial charge on any atom is 0.329 e. The van der Waals surface area contributed by atoms with Crippen LogP contribution in [-0.4, -0.2) is 41.4 Å². The van der Waals surface area contributed by atoms with Crippen molar-refractivity contribution < 1.29 is 23.5 Å². The normalized spacial score (nSPS) is 33.8. The van der Waals surface area contributed by atoms with Crippen LogP contribution in [0.1, 0.15) is 58.3 Å². The Labute approximate surface area is 187 Å². The lowest BCUT2D eigenvalue weighted by atomic mass is 9.49. The predicted octanol–water partition coefficient (Wildman–Crippen LogP) is 3.90. The molecule has 6 rings (SSSR count). The van der Waals surface area contributed by atoms with Gasteiger partial charge in [-0.05, 0) is 88.2 Å². The monoisotopic (exact) mass is 442 g/mol. The number of ether oxygens (including phenoxy) is 1. The number of amides is 2. The van der Waals surface area contributed by atoms with E-state index in [2.05, 4.69) is 5.32 Å². The minimum absolute atomic E-state index is 0.0416. The number of esters is 1. The Bertz CT molecular complexity index is 897. The molecule has 1 aromatic rings. The van der Waals surface area contributed by atoms with Crippen molar-refractivity contribution in [1.29, 1.82) is 0 Å². The van der Waals surface area contributed by atoms with Gasteiger partial charge in [0.25, 0.3) is 5.91 Å². The summed E-state index contributed by atoms with van der Waals surface area (Å²) in [7, 11) is 0. The van der Waals surface area contributed by atoms with Crippen LogP contribution >= 0.6 is 0 Å². The zero-order valence-electron chi connectivity index (χ0n) is 18.5. The summed E-state index contributed by atoms with van der Waals surface area (Å²) in [5.74, 6) is 0.389. The Morgan fingerprint density at radius 3 is 2.34 bits per heavy atom. The first-order valence-corrected chi connectivity index (χ1v) is 11.9. The molecule has 2 amide bonds. The lowest BCUT2D eigenvalue weighted by molar-refractivity contribution is -0.168. The average molecular weight is 443 g/mol. The van der Waals surface area contributed by atoms with E-state index in [0.29, 0.717) is 30.7 Å². The van der Waals surface area contributed by atoms with Crippen LogP contribution in [0, 0.1) is 29.0 Å². The van der Waals surface area contributed by atoms with Crippen LogP contribution in [0.25, 0.3) is 0 Å². The van der Waals surface area contributed by atoms with Gasteiger partial charge in [0.05, 0.1) is 11.1 Å². The summed E-state index contributed by atoms with van der Waals surface area (Å²) >= 11 is 0. The summed E-state index contributed by atoms with van der Waals surface area (Å²) in [6.45, 7) is 2.03. The molecular formula is C25H31FN2O4.